The standard InChI is InChI=1S/C17H17N3O3S/c18-12-14-3-5-17(6-4-14)24(21,22)20-11-1-2-16(13-20)23-15-7-9-19-10-8-15/h3-10,16H,1-2,11,13H2/t16-/m1/s1. The molecular formula is C17H17N3O3S. The molecule has 1 saturated heterocycles. The minimum absolute atomic E-state index is 0.186. The summed E-state index contributed by atoms with van der Waals surface area (Å²) in [6.45, 7) is 0.781. The maximum Gasteiger partial charge on any atom is 0.243 e. The first-order valence-electron chi connectivity index (χ1n) is 7.66. The molecule has 1 fully saturated rings. The summed E-state index contributed by atoms with van der Waals surface area (Å²) in [6, 6.07) is 11.5. The third kappa shape index (κ3) is 3.55. The average Bonchev–Trinajstić information content (AvgIpc) is 2.63. The van der Waals surface area contributed by atoms with Crippen LogP contribution in [-0.4, -0.2) is 36.9 Å². The molecule has 1 atom stereocenters. The molecule has 1 aliphatic heterocycles. The molecule has 3 rings (SSSR count). The SMILES string of the molecule is N#Cc1ccc(S(=O)(=O)N2CCC[C@@H](Oc3ccncc3)C2)cc1. The second-order valence-electron chi connectivity index (χ2n) is 5.56. The number of piperidine rings is 1. The van der Waals surface area contributed by atoms with Gasteiger partial charge < -0.3 is 4.74 Å². The van der Waals surface area contributed by atoms with Crippen LogP contribution in [0.3, 0.4) is 0 Å². The molecule has 0 N–H and O–H groups in total. The number of hydrogen-bond acceptors (Lipinski definition) is 5. The summed E-state index contributed by atoms with van der Waals surface area (Å²) in [7, 11) is -3.58. The molecule has 1 aromatic heterocycles. The summed E-state index contributed by atoms with van der Waals surface area (Å²) in [6.07, 6.45) is 4.65. The molecule has 24 heavy (non-hydrogen) atoms. The number of rotatable bonds is 4. The lowest BCUT2D eigenvalue weighted by Gasteiger charge is -2.32. The number of benzene rings is 1. The van der Waals surface area contributed by atoms with E-state index in [1.165, 1.54) is 28.6 Å². The zero-order valence-electron chi connectivity index (χ0n) is 13.0. The highest BCUT2D eigenvalue weighted by Gasteiger charge is 2.31. The van der Waals surface area contributed by atoms with E-state index in [1.54, 1.807) is 24.5 Å². The number of aromatic nitrogens is 1. The van der Waals surface area contributed by atoms with Crippen molar-refractivity contribution < 1.29 is 13.2 Å². The topological polar surface area (TPSA) is 83.3 Å². The first kappa shape index (κ1) is 16.4. The third-order valence-corrected chi connectivity index (χ3v) is 5.79. The van der Waals surface area contributed by atoms with Gasteiger partial charge in [0.25, 0.3) is 0 Å². The van der Waals surface area contributed by atoms with E-state index in [2.05, 4.69) is 4.98 Å². The first-order chi connectivity index (χ1) is 11.6. The largest absolute Gasteiger partial charge is 0.489 e. The van der Waals surface area contributed by atoms with E-state index in [4.69, 9.17) is 10.00 Å². The molecule has 0 saturated carbocycles. The van der Waals surface area contributed by atoms with Crippen LogP contribution in [0, 0.1) is 11.3 Å². The van der Waals surface area contributed by atoms with Gasteiger partial charge in [-0.2, -0.15) is 9.57 Å². The van der Waals surface area contributed by atoms with Crippen molar-refractivity contribution in [2.45, 2.75) is 23.8 Å². The predicted octanol–water partition coefficient (Wildman–Crippen LogP) is 2.19. The Kier molecular flexibility index (Phi) is 4.79. The van der Waals surface area contributed by atoms with Crippen molar-refractivity contribution in [3.63, 3.8) is 0 Å². The lowest BCUT2D eigenvalue weighted by atomic mass is 10.1. The fourth-order valence-corrected chi connectivity index (χ4v) is 4.19. The number of hydrogen-bond donors (Lipinski definition) is 0. The van der Waals surface area contributed by atoms with Gasteiger partial charge in [0.05, 0.1) is 23.1 Å². The maximum absolute atomic E-state index is 12.8. The van der Waals surface area contributed by atoms with E-state index < -0.39 is 10.0 Å². The molecule has 0 spiro atoms. The van der Waals surface area contributed by atoms with E-state index in [0.29, 0.717) is 24.4 Å². The van der Waals surface area contributed by atoms with Gasteiger partial charge >= 0.3 is 0 Å². The molecule has 6 nitrogen and oxygen atoms in total. The molecule has 124 valence electrons. The smallest absolute Gasteiger partial charge is 0.243 e. The van der Waals surface area contributed by atoms with Gasteiger partial charge in [0.15, 0.2) is 0 Å². The lowest BCUT2D eigenvalue weighted by Crippen LogP contribution is -2.44. The van der Waals surface area contributed by atoms with Crippen molar-refractivity contribution in [1.29, 1.82) is 5.26 Å². The fraction of sp³-hybridized carbons (Fsp3) is 0.294. The molecule has 7 heteroatoms. The normalized spacial score (nSPS) is 18.7. The molecule has 0 aliphatic carbocycles. The number of ether oxygens (including phenoxy) is 1. The van der Waals surface area contributed by atoms with Crippen molar-refractivity contribution in [1.82, 2.24) is 9.29 Å². The quantitative estimate of drug-likeness (QED) is 0.850. The Morgan fingerprint density at radius 3 is 2.54 bits per heavy atom. The molecular weight excluding hydrogens is 326 g/mol. The fourth-order valence-electron chi connectivity index (χ4n) is 2.68. The van der Waals surface area contributed by atoms with E-state index in [1.807, 2.05) is 6.07 Å². The summed E-state index contributed by atoms with van der Waals surface area (Å²) in [5.41, 5.74) is 0.437. The second-order valence-corrected chi connectivity index (χ2v) is 7.50. The Balaban J connectivity index is 1.74. The molecule has 2 aromatic rings. The average molecular weight is 343 g/mol. The van der Waals surface area contributed by atoms with Crippen molar-refractivity contribution in [3.8, 4) is 11.8 Å². The van der Waals surface area contributed by atoms with E-state index in [9.17, 15) is 8.42 Å². The van der Waals surface area contributed by atoms with Crippen molar-refractivity contribution in [3.05, 3.63) is 54.4 Å². The van der Waals surface area contributed by atoms with Gasteiger partial charge in [0.2, 0.25) is 10.0 Å². The van der Waals surface area contributed by atoms with Crippen LogP contribution >= 0.6 is 0 Å². The second kappa shape index (κ2) is 6.99. The molecule has 2 heterocycles. The van der Waals surface area contributed by atoms with Crippen molar-refractivity contribution >= 4 is 10.0 Å². The van der Waals surface area contributed by atoms with Crippen LogP contribution in [0.2, 0.25) is 0 Å². The monoisotopic (exact) mass is 343 g/mol. The van der Waals surface area contributed by atoms with Crippen LogP contribution in [0.4, 0.5) is 0 Å². The molecule has 0 bridgehead atoms. The van der Waals surface area contributed by atoms with Crippen molar-refractivity contribution in [2.75, 3.05) is 13.1 Å². The molecule has 0 unspecified atom stereocenters. The summed E-state index contributed by atoms with van der Waals surface area (Å²) in [5.74, 6) is 0.688. The molecule has 1 aliphatic rings. The zero-order valence-corrected chi connectivity index (χ0v) is 13.8. The van der Waals surface area contributed by atoms with Crippen LogP contribution in [0.15, 0.2) is 53.7 Å². The number of nitriles is 1. The lowest BCUT2D eigenvalue weighted by molar-refractivity contribution is 0.129. The van der Waals surface area contributed by atoms with Crippen LogP contribution in [0.5, 0.6) is 5.75 Å². The predicted molar refractivity (Wildman–Crippen MR) is 87.8 cm³/mol. The minimum Gasteiger partial charge on any atom is -0.489 e. The van der Waals surface area contributed by atoms with E-state index in [-0.39, 0.29) is 11.0 Å². The Labute approximate surface area is 141 Å². The Hall–Kier alpha value is -2.43. The first-order valence-corrected chi connectivity index (χ1v) is 9.10. The summed E-state index contributed by atoms with van der Waals surface area (Å²) in [5, 5.41) is 8.82. The van der Waals surface area contributed by atoms with Crippen LogP contribution in [0.1, 0.15) is 18.4 Å². The highest BCUT2D eigenvalue weighted by atomic mass is 32.2. The van der Waals surface area contributed by atoms with Crippen molar-refractivity contribution in [2.24, 2.45) is 0 Å². The summed E-state index contributed by atoms with van der Waals surface area (Å²) < 4.78 is 32.8. The molecule has 0 amide bonds. The highest BCUT2D eigenvalue weighted by molar-refractivity contribution is 7.89. The number of pyridine rings is 1. The zero-order chi connectivity index (χ0) is 17.0. The number of sulfonamides is 1. The molecule has 0 radical (unpaired) electrons. The Morgan fingerprint density at radius 1 is 1.17 bits per heavy atom. The highest BCUT2D eigenvalue weighted by Crippen LogP contribution is 2.23. The maximum atomic E-state index is 12.8. The van der Waals surface area contributed by atoms with Gasteiger partial charge in [-0.1, -0.05) is 0 Å². The van der Waals surface area contributed by atoms with Crippen LogP contribution in [0.25, 0.3) is 0 Å². The van der Waals surface area contributed by atoms with E-state index >= 15 is 0 Å². The van der Waals surface area contributed by atoms with Gasteiger partial charge in [-0.05, 0) is 49.2 Å². The number of nitrogens with zero attached hydrogens (tertiary/aromatic N) is 3. The van der Waals surface area contributed by atoms with E-state index in [0.717, 1.165) is 12.8 Å². The van der Waals surface area contributed by atoms with Crippen LogP contribution < -0.4 is 4.74 Å². The Morgan fingerprint density at radius 2 is 1.88 bits per heavy atom. The summed E-state index contributed by atoms with van der Waals surface area (Å²) >= 11 is 0. The van der Waals surface area contributed by atoms with Gasteiger partial charge in [-0.15, -0.1) is 0 Å². The van der Waals surface area contributed by atoms with Gasteiger partial charge in [-0.25, -0.2) is 8.42 Å². The van der Waals surface area contributed by atoms with Gasteiger partial charge in [0, 0.05) is 18.9 Å². The molecule has 1 aromatic carbocycles. The van der Waals surface area contributed by atoms with Gasteiger partial charge in [-0.3, -0.25) is 4.98 Å². The third-order valence-electron chi connectivity index (χ3n) is 3.91. The van der Waals surface area contributed by atoms with Gasteiger partial charge in [0.1, 0.15) is 11.9 Å². The summed E-state index contributed by atoms with van der Waals surface area (Å²) in [4.78, 5) is 4.14. The Bertz CT molecular complexity index is 830. The van der Waals surface area contributed by atoms with Crippen LogP contribution in [-0.2, 0) is 10.0 Å². The minimum atomic E-state index is -3.58.